The summed E-state index contributed by atoms with van der Waals surface area (Å²) in [5.74, 6) is 1.24. The minimum Gasteiger partial charge on any atom is -0.493 e. The zero-order valence-corrected chi connectivity index (χ0v) is 15.1. The van der Waals surface area contributed by atoms with Crippen LogP contribution in [0.3, 0.4) is 0 Å². The highest BCUT2D eigenvalue weighted by molar-refractivity contribution is 5.97. The van der Waals surface area contributed by atoms with E-state index in [-0.39, 0.29) is 18.0 Å². The van der Waals surface area contributed by atoms with E-state index in [1.165, 1.54) is 6.07 Å². The van der Waals surface area contributed by atoms with Crippen LogP contribution in [-0.2, 0) is 12.8 Å². The zero-order chi connectivity index (χ0) is 18.8. The first kappa shape index (κ1) is 17.3. The molecule has 2 aromatic carbocycles. The summed E-state index contributed by atoms with van der Waals surface area (Å²) >= 11 is 0. The van der Waals surface area contributed by atoms with E-state index in [1.54, 1.807) is 18.2 Å². The Balaban J connectivity index is 1.52. The van der Waals surface area contributed by atoms with Gasteiger partial charge in [-0.2, -0.15) is 0 Å². The first-order valence-corrected chi connectivity index (χ1v) is 9.12. The van der Waals surface area contributed by atoms with Crippen LogP contribution in [0.2, 0.25) is 0 Å². The van der Waals surface area contributed by atoms with Crippen molar-refractivity contribution >= 4 is 16.8 Å². The predicted molar refractivity (Wildman–Crippen MR) is 102 cm³/mol. The van der Waals surface area contributed by atoms with Crippen LogP contribution in [0.25, 0.3) is 11.0 Å². The maximum absolute atomic E-state index is 12.4. The average Bonchev–Trinajstić information content (AvgIpc) is 3.13. The highest BCUT2D eigenvalue weighted by Gasteiger charge is 2.15. The van der Waals surface area contributed by atoms with Crippen molar-refractivity contribution in [2.45, 2.75) is 26.2 Å². The number of benzene rings is 2. The van der Waals surface area contributed by atoms with Crippen LogP contribution >= 0.6 is 0 Å². The molecular formula is C22H20O5. The summed E-state index contributed by atoms with van der Waals surface area (Å²) in [4.78, 5) is 24.2. The van der Waals surface area contributed by atoms with E-state index in [0.717, 1.165) is 41.5 Å². The third-order valence-corrected chi connectivity index (χ3v) is 4.70. The number of ether oxygens (including phenoxy) is 2. The number of rotatable bonds is 6. The molecule has 138 valence electrons. The molecule has 0 radical (unpaired) electrons. The molecule has 0 unspecified atom stereocenters. The first-order chi connectivity index (χ1) is 13.1. The monoisotopic (exact) mass is 364 g/mol. The second kappa shape index (κ2) is 7.27. The number of fused-ring (bicyclic) bond motifs is 2. The molecule has 0 fully saturated rings. The van der Waals surface area contributed by atoms with Crippen LogP contribution < -0.4 is 15.1 Å². The molecule has 1 aliphatic rings. The molecule has 0 spiro atoms. The third kappa shape index (κ3) is 3.58. The Kier molecular flexibility index (Phi) is 4.67. The highest BCUT2D eigenvalue weighted by Crippen LogP contribution is 2.27. The van der Waals surface area contributed by atoms with E-state index in [4.69, 9.17) is 13.9 Å². The van der Waals surface area contributed by atoms with Gasteiger partial charge in [0.25, 0.3) is 0 Å². The van der Waals surface area contributed by atoms with E-state index in [1.807, 2.05) is 18.2 Å². The lowest BCUT2D eigenvalue weighted by Crippen LogP contribution is -2.12. The summed E-state index contributed by atoms with van der Waals surface area (Å²) in [6.45, 7) is 2.64. The Bertz CT molecular complexity index is 1060. The summed E-state index contributed by atoms with van der Waals surface area (Å²) in [5.41, 5.74) is 2.73. The van der Waals surface area contributed by atoms with E-state index < -0.39 is 0 Å². The van der Waals surface area contributed by atoms with Gasteiger partial charge >= 0.3 is 5.63 Å². The fourth-order valence-corrected chi connectivity index (χ4v) is 3.37. The maximum Gasteiger partial charge on any atom is 0.336 e. The van der Waals surface area contributed by atoms with Crippen molar-refractivity contribution in [2.75, 3.05) is 13.2 Å². The molecule has 0 aliphatic carbocycles. The van der Waals surface area contributed by atoms with Gasteiger partial charge in [0.15, 0.2) is 12.4 Å². The Morgan fingerprint density at radius 2 is 2.04 bits per heavy atom. The van der Waals surface area contributed by atoms with Crippen LogP contribution in [0.1, 0.15) is 34.8 Å². The van der Waals surface area contributed by atoms with Crippen LogP contribution in [-0.4, -0.2) is 19.0 Å². The van der Waals surface area contributed by atoms with Gasteiger partial charge < -0.3 is 13.9 Å². The lowest BCUT2D eigenvalue weighted by molar-refractivity contribution is 0.0921. The molecule has 0 saturated heterocycles. The van der Waals surface area contributed by atoms with Crippen molar-refractivity contribution in [3.05, 3.63) is 69.6 Å². The molecule has 2 heterocycles. The molecule has 0 atom stereocenters. The Labute approximate surface area is 156 Å². The Morgan fingerprint density at radius 3 is 2.89 bits per heavy atom. The van der Waals surface area contributed by atoms with Gasteiger partial charge in [-0.3, -0.25) is 4.79 Å². The van der Waals surface area contributed by atoms with Crippen molar-refractivity contribution < 1.29 is 18.7 Å². The minimum absolute atomic E-state index is 0.0793. The molecule has 0 saturated carbocycles. The summed E-state index contributed by atoms with van der Waals surface area (Å²) in [7, 11) is 0. The standard InChI is InChI=1S/C22H20O5/c1-2-3-14-11-22(24)27-21-12-17(5-6-18(14)21)26-13-19(23)15-4-7-20-16(10-15)8-9-25-20/h4-7,10-12H,2-3,8-9,13H2,1H3. The summed E-state index contributed by atoms with van der Waals surface area (Å²) < 4.78 is 16.4. The maximum atomic E-state index is 12.4. The average molecular weight is 364 g/mol. The normalized spacial score (nSPS) is 12.6. The lowest BCUT2D eigenvalue weighted by atomic mass is 10.1. The molecule has 1 aliphatic heterocycles. The van der Waals surface area contributed by atoms with Crippen LogP contribution in [0.4, 0.5) is 0 Å². The largest absolute Gasteiger partial charge is 0.493 e. The SMILES string of the molecule is CCCc1cc(=O)oc2cc(OCC(=O)c3ccc4c(c3)CCO4)ccc12. The Hall–Kier alpha value is -3.08. The van der Waals surface area contributed by atoms with Gasteiger partial charge in [0.1, 0.15) is 17.1 Å². The molecule has 5 nitrogen and oxygen atoms in total. The van der Waals surface area contributed by atoms with Gasteiger partial charge in [0.05, 0.1) is 6.61 Å². The number of carbonyl (C=O) groups is 1. The van der Waals surface area contributed by atoms with Crippen LogP contribution in [0.5, 0.6) is 11.5 Å². The van der Waals surface area contributed by atoms with Crippen molar-refractivity contribution in [1.29, 1.82) is 0 Å². The number of Topliss-reactive ketones (excluding diaryl/α,β-unsaturated/α-hetero) is 1. The fraction of sp³-hybridized carbons (Fsp3) is 0.273. The van der Waals surface area contributed by atoms with Crippen molar-refractivity contribution in [2.24, 2.45) is 0 Å². The van der Waals surface area contributed by atoms with Crippen molar-refractivity contribution in [3.63, 3.8) is 0 Å². The van der Waals surface area contributed by atoms with Crippen LogP contribution in [0, 0.1) is 0 Å². The summed E-state index contributed by atoms with van der Waals surface area (Å²) in [6, 6.07) is 12.3. The van der Waals surface area contributed by atoms with E-state index in [2.05, 4.69) is 6.92 Å². The number of hydrogen-bond acceptors (Lipinski definition) is 5. The topological polar surface area (TPSA) is 65.7 Å². The quantitative estimate of drug-likeness (QED) is 0.490. The Morgan fingerprint density at radius 1 is 1.15 bits per heavy atom. The second-order valence-corrected chi connectivity index (χ2v) is 6.63. The number of hydrogen-bond donors (Lipinski definition) is 0. The van der Waals surface area contributed by atoms with Crippen molar-refractivity contribution in [3.8, 4) is 11.5 Å². The number of ketones is 1. The fourth-order valence-electron chi connectivity index (χ4n) is 3.37. The molecular weight excluding hydrogens is 344 g/mol. The van der Waals surface area contributed by atoms with Crippen LogP contribution in [0.15, 0.2) is 51.7 Å². The summed E-state index contributed by atoms with van der Waals surface area (Å²) in [6.07, 6.45) is 2.57. The van der Waals surface area contributed by atoms with E-state index >= 15 is 0 Å². The summed E-state index contributed by atoms with van der Waals surface area (Å²) in [5, 5.41) is 0.897. The minimum atomic E-state index is -0.375. The lowest BCUT2D eigenvalue weighted by Gasteiger charge is -2.09. The van der Waals surface area contributed by atoms with Gasteiger partial charge in [0.2, 0.25) is 0 Å². The number of aryl methyl sites for hydroxylation is 1. The van der Waals surface area contributed by atoms with E-state index in [9.17, 15) is 9.59 Å². The molecule has 1 aromatic heterocycles. The van der Waals surface area contributed by atoms with Gasteiger partial charge in [-0.15, -0.1) is 0 Å². The molecule has 0 N–H and O–H groups in total. The molecule has 4 rings (SSSR count). The predicted octanol–water partition coefficient (Wildman–Crippen LogP) is 3.94. The third-order valence-electron chi connectivity index (χ3n) is 4.70. The van der Waals surface area contributed by atoms with Gasteiger partial charge in [-0.05, 0) is 47.9 Å². The molecule has 0 bridgehead atoms. The van der Waals surface area contributed by atoms with Gasteiger partial charge in [-0.25, -0.2) is 4.79 Å². The van der Waals surface area contributed by atoms with Crippen molar-refractivity contribution in [1.82, 2.24) is 0 Å². The molecule has 0 amide bonds. The van der Waals surface area contributed by atoms with Gasteiger partial charge in [0, 0.05) is 29.5 Å². The zero-order valence-electron chi connectivity index (χ0n) is 15.1. The molecule has 27 heavy (non-hydrogen) atoms. The smallest absolute Gasteiger partial charge is 0.336 e. The van der Waals surface area contributed by atoms with E-state index in [0.29, 0.717) is 23.5 Å². The molecule has 5 heteroatoms. The highest BCUT2D eigenvalue weighted by atomic mass is 16.5. The first-order valence-electron chi connectivity index (χ1n) is 9.12. The second-order valence-electron chi connectivity index (χ2n) is 6.63. The van der Waals surface area contributed by atoms with Gasteiger partial charge in [-0.1, -0.05) is 13.3 Å². The number of carbonyl (C=O) groups excluding carboxylic acids is 1. The molecule has 3 aromatic rings.